The van der Waals surface area contributed by atoms with Gasteiger partial charge in [0, 0.05) is 25.1 Å². The highest BCUT2D eigenvalue weighted by Gasteiger charge is 2.37. The van der Waals surface area contributed by atoms with Gasteiger partial charge in [0.25, 0.3) is 0 Å². The van der Waals surface area contributed by atoms with Crippen molar-refractivity contribution in [3.05, 3.63) is 48.0 Å². The van der Waals surface area contributed by atoms with E-state index in [0.717, 1.165) is 18.4 Å². The molecule has 0 spiro atoms. The number of rotatable bonds is 14. The summed E-state index contributed by atoms with van der Waals surface area (Å²) in [5, 5.41) is 5.60. The summed E-state index contributed by atoms with van der Waals surface area (Å²) >= 11 is 0. The number of carbonyl (C=O) groups is 5. The van der Waals surface area contributed by atoms with Crippen LogP contribution in [0.4, 0.5) is 4.79 Å². The Hall–Kier alpha value is -3.69. The number of carbonyl (C=O) groups excluding carboxylic acids is 5. The quantitative estimate of drug-likeness (QED) is 0.264. The third-order valence-corrected chi connectivity index (χ3v) is 6.48. The maximum absolute atomic E-state index is 13.7. The number of likely N-dealkylation sites (tertiary alicyclic amines) is 1. The molecule has 2 N–H and O–H groups in total. The van der Waals surface area contributed by atoms with E-state index in [0.29, 0.717) is 25.8 Å². The average molecular weight is 558 g/mol. The largest absolute Gasteiger partial charge is 0.463 e. The van der Waals surface area contributed by atoms with Crippen molar-refractivity contribution in [3.8, 4) is 0 Å². The van der Waals surface area contributed by atoms with Crippen LogP contribution in [0, 0.1) is 5.92 Å². The first-order valence-corrected chi connectivity index (χ1v) is 14.0. The number of Topliss-reactive ketones (excluding diaryl/α,β-unsaturated/α-hetero) is 1. The number of amides is 3. The second-order valence-corrected chi connectivity index (χ2v) is 10.4. The molecule has 1 saturated heterocycles. The van der Waals surface area contributed by atoms with Gasteiger partial charge in [0.1, 0.15) is 24.5 Å². The summed E-state index contributed by atoms with van der Waals surface area (Å²) in [6.45, 7) is 7.73. The van der Waals surface area contributed by atoms with Crippen molar-refractivity contribution in [2.75, 3.05) is 13.2 Å². The zero-order valence-electron chi connectivity index (χ0n) is 24.0. The highest BCUT2D eigenvalue weighted by Crippen LogP contribution is 2.21. The fourth-order valence-electron chi connectivity index (χ4n) is 4.51. The smallest absolute Gasteiger partial charge is 0.408 e. The molecule has 0 saturated carbocycles. The molecule has 3 atom stereocenters. The SMILES string of the molecule is CCOC(=O)/C=C/C(CCC(C)=O)NC(=O)C1CCCCN1C(=O)C(CC(C)C)NC(=O)OCc1ccccc1. The van der Waals surface area contributed by atoms with Gasteiger partial charge >= 0.3 is 12.1 Å². The highest BCUT2D eigenvalue weighted by atomic mass is 16.5. The molecular weight excluding hydrogens is 514 g/mol. The van der Waals surface area contributed by atoms with Crippen LogP contribution in [0.5, 0.6) is 0 Å². The van der Waals surface area contributed by atoms with Crippen molar-refractivity contribution >= 4 is 29.7 Å². The third-order valence-electron chi connectivity index (χ3n) is 6.48. The fraction of sp³-hybridized carbons (Fsp3) is 0.567. The van der Waals surface area contributed by atoms with Crippen LogP contribution in [0.1, 0.15) is 71.8 Å². The Kier molecular flexibility index (Phi) is 13.9. The maximum atomic E-state index is 13.7. The van der Waals surface area contributed by atoms with E-state index in [1.54, 1.807) is 6.92 Å². The lowest BCUT2D eigenvalue weighted by Gasteiger charge is -2.37. The van der Waals surface area contributed by atoms with Crippen LogP contribution in [-0.2, 0) is 35.3 Å². The Morgan fingerprint density at radius 1 is 1.05 bits per heavy atom. The molecule has 2 rings (SSSR count). The Bertz CT molecular complexity index is 1030. The molecular formula is C30H43N3O7. The number of hydrogen-bond donors (Lipinski definition) is 2. The summed E-state index contributed by atoms with van der Waals surface area (Å²) in [4.78, 5) is 64.6. The second kappa shape index (κ2) is 17.1. The summed E-state index contributed by atoms with van der Waals surface area (Å²) in [5.41, 5.74) is 0.827. The molecule has 40 heavy (non-hydrogen) atoms. The number of nitrogens with zero attached hydrogens (tertiary/aromatic N) is 1. The van der Waals surface area contributed by atoms with E-state index in [4.69, 9.17) is 9.47 Å². The first kappa shape index (κ1) is 32.5. The van der Waals surface area contributed by atoms with Gasteiger partial charge in [-0.1, -0.05) is 50.3 Å². The topological polar surface area (TPSA) is 131 Å². The zero-order valence-corrected chi connectivity index (χ0v) is 24.0. The molecule has 1 aromatic carbocycles. The molecule has 1 aromatic rings. The van der Waals surface area contributed by atoms with Gasteiger partial charge in [-0.3, -0.25) is 9.59 Å². The first-order chi connectivity index (χ1) is 19.1. The van der Waals surface area contributed by atoms with Crippen LogP contribution in [0.25, 0.3) is 0 Å². The summed E-state index contributed by atoms with van der Waals surface area (Å²) in [6.07, 6.45) is 4.92. The molecule has 0 aromatic heterocycles. The van der Waals surface area contributed by atoms with E-state index in [9.17, 15) is 24.0 Å². The lowest BCUT2D eigenvalue weighted by Crippen LogP contribution is -2.58. The number of nitrogens with one attached hydrogen (secondary N) is 2. The van der Waals surface area contributed by atoms with Crippen molar-refractivity contribution in [2.45, 2.75) is 91.0 Å². The van der Waals surface area contributed by atoms with E-state index in [-0.39, 0.29) is 43.2 Å². The monoisotopic (exact) mass is 557 g/mol. The van der Waals surface area contributed by atoms with Gasteiger partial charge in [0.15, 0.2) is 0 Å². The molecule has 10 nitrogen and oxygen atoms in total. The Labute approximate surface area is 236 Å². The predicted molar refractivity (Wildman–Crippen MR) is 150 cm³/mol. The summed E-state index contributed by atoms with van der Waals surface area (Å²) < 4.78 is 10.3. The van der Waals surface area contributed by atoms with Gasteiger partial charge < -0.3 is 29.8 Å². The minimum Gasteiger partial charge on any atom is -0.463 e. The van der Waals surface area contributed by atoms with E-state index in [1.807, 2.05) is 44.2 Å². The van der Waals surface area contributed by atoms with Crippen LogP contribution >= 0.6 is 0 Å². The number of hydrogen-bond acceptors (Lipinski definition) is 7. The summed E-state index contributed by atoms with van der Waals surface area (Å²) in [6, 6.07) is 7.06. The van der Waals surface area contributed by atoms with Gasteiger partial charge in [-0.2, -0.15) is 0 Å². The predicted octanol–water partition coefficient (Wildman–Crippen LogP) is 3.68. The van der Waals surface area contributed by atoms with Crippen LogP contribution in [-0.4, -0.2) is 65.8 Å². The molecule has 10 heteroatoms. The van der Waals surface area contributed by atoms with Crippen LogP contribution in [0.2, 0.25) is 0 Å². The molecule has 3 amide bonds. The van der Waals surface area contributed by atoms with Crippen LogP contribution in [0.15, 0.2) is 42.5 Å². The number of piperidine rings is 1. The second-order valence-electron chi connectivity index (χ2n) is 10.4. The van der Waals surface area contributed by atoms with Gasteiger partial charge in [0.05, 0.1) is 6.61 Å². The van der Waals surface area contributed by atoms with Crippen molar-refractivity contribution in [2.24, 2.45) is 5.92 Å². The Morgan fingerprint density at radius 2 is 1.77 bits per heavy atom. The standard InChI is InChI=1S/C30H43N3O7/c1-5-39-27(35)17-16-24(15-14-22(4)34)31-28(36)26-13-9-10-18-33(26)29(37)25(19-21(2)3)32-30(38)40-20-23-11-7-6-8-12-23/h6-8,11-12,16-17,21,24-26H,5,9-10,13-15,18-20H2,1-4H3,(H,31,36)(H,32,38)/b17-16+. The van der Waals surface area contributed by atoms with Gasteiger partial charge in [-0.15, -0.1) is 0 Å². The van der Waals surface area contributed by atoms with Gasteiger partial charge in [-0.25, -0.2) is 9.59 Å². The first-order valence-electron chi connectivity index (χ1n) is 14.0. The molecule has 0 radical (unpaired) electrons. The highest BCUT2D eigenvalue weighted by molar-refractivity contribution is 5.92. The van der Waals surface area contributed by atoms with Crippen molar-refractivity contribution in [1.29, 1.82) is 0 Å². The molecule has 1 heterocycles. The fourth-order valence-corrected chi connectivity index (χ4v) is 4.51. The lowest BCUT2D eigenvalue weighted by atomic mass is 9.97. The molecule has 1 fully saturated rings. The number of esters is 1. The minimum atomic E-state index is -0.853. The number of ether oxygens (including phenoxy) is 2. The summed E-state index contributed by atoms with van der Waals surface area (Å²) in [5.74, 6) is -1.19. The lowest BCUT2D eigenvalue weighted by molar-refractivity contribution is -0.144. The summed E-state index contributed by atoms with van der Waals surface area (Å²) in [7, 11) is 0. The third kappa shape index (κ3) is 11.6. The van der Waals surface area contributed by atoms with Crippen LogP contribution < -0.4 is 10.6 Å². The van der Waals surface area contributed by atoms with Gasteiger partial charge in [0.2, 0.25) is 11.8 Å². The maximum Gasteiger partial charge on any atom is 0.408 e. The number of benzene rings is 1. The van der Waals surface area contributed by atoms with Gasteiger partial charge in [-0.05, 0) is 57.4 Å². The Morgan fingerprint density at radius 3 is 2.42 bits per heavy atom. The van der Waals surface area contributed by atoms with E-state index < -0.39 is 30.2 Å². The normalized spacial score (nSPS) is 16.7. The molecule has 3 unspecified atom stereocenters. The zero-order chi connectivity index (χ0) is 29.5. The number of ketones is 1. The van der Waals surface area contributed by atoms with E-state index in [2.05, 4.69) is 10.6 Å². The van der Waals surface area contributed by atoms with E-state index in [1.165, 1.54) is 24.0 Å². The molecule has 0 bridgehead atoms. The van der Waals surface area contributed by atoms with Crippen molar-refractivity contribution < 1.29 is 33.4 Å². The molecule has 0 aliphatic carbocycles. The number of alkyl carbamates (subject to hydrolysis) is 1. The minimum absolute atomic E-state index is 0.0417. The van der Waals surface area contributed by atoms with E-state index >= 15 is 0 Å². The molecule has 1 aliphatic heterocycles. The van der Waals surface area contributed by atoms with Crippen molar-refractivity contribution in [3.63, 3.8) is 0 Å². The van der Waals surface area contributed by atoms with Crippen molar-refractivity contribution in [1.82, 2.24) is 15.5 Å². The Balaban J connectivity index is 2.12. The molecule has 1 aliphatic rings. The van der Waals surface area contributed by atoms with Crippen LogP contribution in [0.3, 0.4) is 0 Å². The molecule has 220 valence electrons. The average Bonchev–Trinajstić information content (AvgIpc) is 2.93.